The first-order valence-electron chi connectivity index (χ1n) is 9.26. The summed E-state index contributed by atoms with van der Waals surface area (Å²) >= 11 is 5.40. The van der Waals surface area contributed by atoms with Crippen LogP contribution >= 0.6 is 27.3 Å². The maximum atomic E-state index is 6.45. The molecule has 2 aliphatic rings. The van der Waals surface area contributed by atoms with Crippen LogP contribution in [0.25, 0.3) is 0 Å². The molecule has 0 radical (unpaired) electrons. The van der Waals surface area contributed by atoms with E-state index in [9.17, 15) is 0 Å². The second-order valence-corrected chi connectivity index (χ2v) is 8.66. The summed E-state index contributed by atoms with van der Waals surface area (Å²) in [6, 6.07) is 16.4. The number of halogens is 1. The van der Waals surface area contributed by atoms with E-state index in [1.54, 1.807) is 25.6 Å². The summed E-state index contributed by atoms with van der Waals surface area (Å²) in [4.78, 5) is 1.20. The molecule has 0 fully saturated rings. The number of hydrogen-bond donors (Lipinski definition) is 0. The van der Waals surface area contributed by atoms with Gasteiger partial charge in [0, 0.05) is 22.0 Å². The molecule has 5 rings (SSSR count). The van der Waals surface area contributed by atoms with E-state index in [0.717, 1.165) is 33.5 Å². The molecule has 5 nitrogen and oxygen atoms in total. The fourth-order valence-electron chi connectivity index (χ4n) is 3.89. The monoisotopic (exact) mass is 470 g/mol. The van der Waals surface area contributed by atoms with Crippen molar-refractivity contribution in [2.75, 3.05) is 14.2 Å². The number of hydrogen-bond acceptors (Lipinski definition) is 6. The molecule has 0 amide bonds. The van der Waals surface area contributed by atoms with E-state index < -0.39 is 0 Å². The van der Waals surface area contributed by atoms with Gasteiger partial charge in [0.1, 0.15) is 5.75 Å². The topological polar surface area (TPSA) is 43.3 Å². The third kappa shape index (κ3) is 3.09. The molecule has 2 aliphatic heterocycles. The van der Waals surface area contributed by atoms with Crippen molar-refractivity contribution in [3.8, 4) is 17.2 Å². The van der Waals surface area contributed by atoms with Gasteiger partial charge in [0.25, 0.3) is 0 Å². The Bertz CT molecular complexity index is 1080. The van der Waals surface area contributed by atoms with Gasteiger partial charge in [-0.25, -0.2) is 5.01 Å². The van der Waals surface area contributed by atoms with Crippen LogP contribution in [-0.4, -0.2) is 24.9 Å². The van der Waals surface area contributed by atoms with E-state index in [1.807, 2.05) is 24.3 Å². The molecule has 2 atom stereocenters. The van der Waals surface area contributed by atoms with Gasteiger partial charge >= 0.3 is 0 Å². The lowest BCUT2D eigenvalue weighted by Gasteiger charge is -2.38. The summed E-state index contributed by atoms with van der Waals surface area (Å²) in [6.45, 7) is 0. The number of fused-ring (bicyclic) bond motifs is 3. The van der Waals surface area contributed by atoms with Gasteiger partial charge in [0.15, 0.2) is 11.5 Å². The molecule has 0 saturated heterocycles. The van der Waals surface area contributed by atoms with Crippen molar-refractivity contribution in [2.45, 2.75) is 18.7 Å². The van der Waals surface area contributed by atoms with Gasteiger partial charge in [-0.3, -0.25) is 0 Å². The Morgan fingerprint density at radius 1 is 1.07 bits per heavy atom. The lowest BCUT2D eigenvalue weighted by molar-refractivity contribution is -0.0196. The van der Waals surface area contributed by atoms with Crippen molar-refractivity contribution < 1.29 is 14.2 Å². The van der Waals surface area contributed by atoms with E-state index >= 15 is 0 Å². The maximum absolute atomic E-state index is 6.45. The number of benzene rings is 2. The van der Waals surface area contributed by atoms with E-state index in [-0.39, 0.29) is 12.3 Å². The molecule has 1 aromatic heterocycles. The Morgan fingerprint density at radius 2 is 1.86 bits per heavy atom. The molecule has 3 heterocycles. The highest BCUT2D eigenvalue weighted by atomic mass is 79.9. The first-order chi connectivity index (χ1) is 14.2. The molecule has 0 unspecified atom stereocenters. The van der Waals surface area contributed by atoms with Crippen LogP contribution in [0.15, 0.2) is 63.5 Å². The van der Waals surface area contributed by atoms with Crippen LogP contribution < -0.4 is 14.2 Å². The van der Waals surface area contributed by atoms with Crippen molar-refractivity contribution in [1.82, 2.24) is 5.01 Å². The molecular weight excluding hydrogens is 452 g/mol. The highest BCUT2D eigenvalue weighted by Crippen LogP contribution is 2.49. The smallest absolute Gasteiger partial charge is 0.215 e. The predicted octanol–water partition coefficient (Wildman–Crippen LogP) is 5.77. The van der Waals surface area contributed by atoms with Gasteiger partial charge in [0.05, 0.1) is 30.9 Å². The van der Waals surface area contributed by atoms with E-state index in [2.05, 4.69) is 50.6 Å². The summed E-state index contributed by atoms with van der Waals surface area (Å²) in [5, 5.41) is 9.15. The van der Waals surface area contributed by atoms with Gasteiger partial charge in [-0.15, -0.1) is 11.3 Å². The molecule has 0 spiro atoms. The van der Waals surface area contributed by atoms with Crippen molar-refractivity contribution in [3.63, 3.8) is 0 Å². The van der Waals surface area contributed by atoms with Crippen LogP contribution in [0.1, 0.15) is 34.7 Å². The maximum Gasteiger partial charge on any atom is 0.215 e. The first kappa shape index (κ1) is 18.5. The molecule has 3 aromatic rings. The number of ether oxygens (including phenoxy) is 3. The minimum Gasteiger partial charge on any atom is -0.493 e. The number of hydrazone groups is 1. The number of methoxy groups -OCH3 is 2. The normalized spacial score (nSPS) is 19.8. The highest BCUT2D eigenvalue weighted by Gasteiger charge is 2.42. The number of nitrogens with zero attached hydrogens (tertiary/aromatic N) is 2. The lowest BCUT2D eigenvalue weighted by atomic mass is 9.97. The Hall–Kier alpha value is -2.51. The van der Waals surface area contributed by atoms with Crippen LogP contribution in [0.2, 0.25) is 0 Å². The number of para-hydroxylation sites is 1. The average Bonchev–Trinajstić information content (AvgIpc) is 3.43. The van der Waals surface area contributed by atoms with Gasteiger partial charge < -0.3 is 14.2 Å². The minimum atomic E-state index is -0.374. The van der Waals surface area contributed by atoms with Crippen molar-refractivity contribution in [1.29, 1.82) is 0 Å². The molecule has 0 aliphatic carbocycles. The zero-order valence-electron chi connectivity index (χ0n) is 16.0. The SMILES string of the molecule is COc1cc(Br)c([C@@H]2Oc3ccccc3[C@H]3CC(c4cccs4)=NN32)cc1OC. The molecular formula is C22H19BrN2O3S. The van der Waals surface area contributed by atoms with Crippen LogP contribution in [0.5, 0.6) is 17.2 Å². The molecule has 7 heteroatoms. The summed E-state index contributed by atoms with van der Waals surface area (Å²) < 4.78 is 18.3. The zero-order chi connectivity index (χ0) is 20.0. The second kappa shape index (κ2) is 7.39. The molecule has 29 heavy (non-hydrogen) atoms. The fraction of sp³-hybridized carbons (Fsp3) is 0.227. The van der Waals surface area contributed by atoms with Gasteiger partial charge in [-0.2, -0.15) is 5.10 Å². The minimum absolute atomic E-state index is 0.127. The van der Waals surface area contributed by atoms with Gasteiger partial charge in [0.2, 0.25) is 6.23 Å². The summed E-state index contributed by atoms with van der Waals surface area (Å²) in [5.74, 6) is 2.22. The number of rotatable bonds is 4. The summed E-state index contributed by atoms with van der Waals surface area (Å²) in [7, 11) is 3.27. The summed E-state index contributed by atoms with van der Waals surface area (Å²) in [6.07, 6.45) is 0.476. The summed E-state index contributed by atoms with van der Waals surface area (Å²) in [5.41, 5.74) is 3.20. The number of thiophene rings is 1. The third-order valence-corrected chi connectivity index (χ3v) is 6.88. The predicted molar refractivity (Wildman–Crippen MR) is 117 cm³/mol. The highest BCUT2D eigenvalue weighted by molar-refractivity contribution is 9.10. The quantitative estimate of drug-likeness (QED) is 0.485. The molecule has 0 saturated carbocycles. The van der Waals surface area contributed by atoms with Gasteiger partial charge in [-0.05, 0) is 29.6 Å². The van der Waals surface area contributed by atoms with Crippen molar-refractivity contribution in [3.05, 3.63) is 74.4 Å². The molecule has 0 N–H and O–H groups in total. The van der Waals surface area contributed by atoms with Crippen LogP contribution in [0, 0.1) is 0 Å². The van der Waals surface area contributed by atoms with Crippen LogP contribution in [0.3, 0.4) is 0 Å². The zero-order valence-corrected chi connectivity index (χ0v) is 18.4. The largest absolute Gasteiger partial charge is 0.493 e. The first-order valence-corrected chi connectivity index (χ1v) is 10.9. The Balaban J connectivity index is 1.63. The average molecular weight is 471 g/mol. The van der Waals surface area contributed by atoms with E-state index in [1.165, 1.54) is 4.88 Å². The van der Waals surface area contributed by atoms with Crippen LogP contribution in [0.4, 0.5) is 0 Å². The third-order valence-electron chi connectivity index (χ3n) is 5.27. The van der Waals surface area contributed by atoms with Crippen molar-refractivity contribution in [2.24, 2.45) is 5.10 Å². The van der Waals surface area contributed by atoms with E-state index in [4.69, 9.17) is 19.3 Å². The standard InChI is InChI=1S/C22H19BrN2O3S/c1-26-19-10-14(15(23)11-20(19)27-2)22-25-17(13-6-3-4-7-18(13)28-22)12-16(24-25)21-8-5-9-29-21/h3-11,17,22H,12H2,1-2H3/t17-,22+/m1/s1. The fourth-order valence-corrected chi connectivity index (χ4v) is 5.13. The Kier molecular flexibility index (Phi) is 4.72. The van der Waals surface area contributed by atoms with Gasteiger partial charge in [-0.1, -0.05) is 40.2 Å². The lowest BCUT2D eigenvalue weighted by Crippen LogP contribution is -2.33. The molecule has 2 aromatic carbocycles. The Labute approximate surface area is 181 Å². The Morgan fingerprint density at radius 3 is 2.62 bits per heavy atom. The van der Waals surface area contributed by atoms with Crippen molar-refractivity contribution >= 4 is 33.0 Å². The molecule has 0 bridgehead atoms. The van der Waals surface area contributed by atoms with Crippen LogP contribution in [-0.2, 0) is 0 Å². The second-order valence-electron chi connectivity index (χ2n) is 6.86. The van der Waals surface area contributed by atoms with E-state index in [0.29, 0.717) is 11.5 Å². The molecule has 148 valence electrons.